The fourth-order valence-corrected chi connectivity index (χ4v) is 3.58. The maximum absolute atomic E-state index is 12.7. The highest BCUT2D eigenvalue weighted by Crippen LogP contribution is 2.33. The van der Waals surface area contributed by atoms with Gasteiger partial charge in [-0.05, 0) is 17.2 Å². The first-order valence-electron chi connectivity index (χ1n) is 9.88. The summed E-state index contributed by atoms with van der Waals surface area (Å²) < 4.78 is 10.4. The number of fused-ring (bicyclic) bond motifs is 1. The molecule has 0 saturated heterocycles. The van der Waals surface area contributed by atoms with E-state index < -0.39 is 18.1 Å². The van der Waals surface area contributed by atoms with Crippen LogP contribution in [0.4, 0.5) is 4.79 Å². The van der Waals surface area contributed by atoms with Crippen LogP contribution in [-0.4, -0.2) is 24.2 Å². The van der Waals surface area contributed by atoms with Crippen LogP contribution in [-0.2, 0) is 16.1 Å². The molecule has 1 heterocycles. The summed E-state index contributed by atoms with van der Waals surface area (Å²) in [6.07, 6.45) is -0.584. The highest BCUT2D eigenvalue weighted by Gasteiger charge is 2.28. The lowest BCUT2D eigenvalue weighted by Crippen LogP contribution is -2.30. The van der Waals surface area contributed by atoms with Crippen molar-refractivity contribution in [2.24, 2.45) is 0 Å². The maximum Gasteiger partial charge on any atom is 0.408 e. The van der Waals surface area contributed by atoms with Crippen molar-refractivity contribution in [1.29, 1.82) is 0 Å². The number of para-hydroxylation sites is 1. The number of carbonyl (C=O) groups is 2. The first-order chi connectivity index (χ1) is 15.2. The Morgan fingerprint density at radius 2 is 1.55 bits per heavy atom. The number of ether oxygens (including phenoxy) is 2. The monoisotopic (exact) mass is 414 g/mol. The van der Waals surface area contributed by atoms with E-state index in [1.54, 1.807) is 0 Å². The number of amides is 1. The number of esters is 1. The zero-order valence-electron chi connectivity index (χ0n) is 17.0. The molecule has 0 fully saturated rings. The predicted molar refractivity (Wildman–Crippen MR) is 118 cm³/mol. The van der Waals surface area contributed by atoms with Crippen molar-refractivity contribution in [2.75, 3.05) is 7.11 Å². The molecule has 6 nitrogen and oxygen atoms in total. The Labute approximate surface area is 179 Å². The zero-order chi connectivity index (χ0) is 21.6. The van der Waals surface area contributed by atoms with Crippen LogP contribution in [0.1, 0.15) is 33.2 Å². The maximum atomic E-state index is 12.7. The molecule has 0 bridgehead atoms. The lowest BCUT2D eigenvalue weighted by molar-refractivity contribution is 0.0592. The first kappa shape index (κ1) is 20.2. The molecular formula is C25H22N2O4. The van der Waals surface area contributed by atoms with Crippen molar-refractivity contribution >= 4 is 23.0 Å². The van der Waals surface area contributed by atoms with Gasteiger partial charge in [0.25, 0.3) is 0 Å². The van der Waals surface area contributed by atoms with E-state index in [2.05, 4.69) is 10.3 Å². The van der Waals surface area contributed by atoms with Gasteiger partial charge in [0.05, 0.1) is 13.2 Å². The largest absolute Gasteiger partial charge is 0.464 e. The number of aromatic amines is 1. The molecule has 0 radical (unpaired) electrons. The number of rotatable bonds is 6. The lowest BCUT2D eigenvalue weighted by Gasteiger charge is -2.20. The highest BCUT2D eigenvalue weighted by molar-refractivity contribution is 5.99. The molecule has 1 unspecified atom stereocenters. The van der Waals surface area contributed by atoms with Crippen LogP contribution < -0.4 is 5.32 Å². The van der Waals surface area contributed by atoms with E-state index in [4.69, 9.17) is 9.47 Å². The molecule has 6 heteroatoms. The number of alkyl carbamates (subject to hydrolysis) is 1. The summed E-state index contributed by atoms with van der Waals surface area (Å²) in [4.78, 5) is 28.4. The van der Waals surface area contributed by atoms with E-state index in [1.807, 2.05) is 84.9 Å². The van der Waals surface area contributed by atoms with Crippen LogP contribution in [0.3, 0.4) is 0 Å². The summed E-state index contributed by atoms with van der Waals surface area (Å²) >= 11 is 0. The average molecular weight is 414 g/mol. The van der Waals surface area contributed by atoms with Crippen LogP contribution in [0.25, 0.3) is 10.9 Å². The molecule has 4 aromatic rings. The third kappa shape index (κ3) is 4.43. The normalized spacial score (nSPS) is 11.6. The fourth-order valence-electron chi connectivity index (χ4n) is 3.58. The predicted octanol–water partition coefficient (Wildman–Crippen LogP) is 4.97. The Bertz CT molecular complexity index is 1190. The number of methoxy groups -OCH3 is 1. The second kappa shape index (κ2) is 9.17. The van der Waals surface area contributed by atoms with Gasteiger partial charge in [-0.25, -0.2) is 9.59 Å². The summed E-state index contributed by atoms with van der Waals surface area (Å²) in [5.74, 6) is -0.508. The minimum Gasteiger partial charge on any atom is -0.464 e. The third-order valence-corrected chi connectivity index (χ3v) is 5.03. The van der Waals surface area contributed by atoms with Crippen molar-refractivity contribution in [1.82, 2.24) is 10.3 Å². The van der Waals surface area contributed by atoms with Gasteiger partial charge in [0.1, 0.15) is 12.3 Å². The van der Waals surface area contributed by atoms with Crippen molar-refractivity contribution in [3.63, 3.8) is 0 Å². The van der Waals surface area contributed by atoms with Gasteiger partial charge in [0, 0.05) is 16.5 Å². The smallest absolute Gasteiger partial charge is 0.408 e. The van der Waals surface area contributed by atoms with Crippen molar-refractivity contribution in [3.05, 3.63) is 107 Å². The molecule has 0 aliphatic heterocycles. The SMILES string of the molecule is COC(=O)c1[nH]c2ccccc2c1C(NC(=O)OCc1ccccc1)c1ccccc1. The van der Waals surface area contributed by atoms with Crippen molar-refractivity contribution in [2.45, 2.75) is 12.6 Å². The summed E-state index contributed by atoms with van der Waals surface area (Å²) in [5.41, 5.74) is 3.40. The molecule has 31 heavy (non-hydrogen) atoms. The van der Waals surface area contributed by atoms with Gasteiger partial charge in [0.15, 0.2) is 0 Å². The first-order valence-corrected chi connectivity index (χ1v) is 9.88. The van der Waals surface area contributed by atoms with Gasteiger partial charge in [-0.15, -0.1) is 0 Å². The molecular weight excluding hydrogens is 392 g/mol. The Hall–Kier alpha value is -4.06. The summed E-state index contributed by atoms with van der Waals surface area (Å²) in [6.45, 7) is 0.145. The number of H-pyrrole nitrogens is 1. The Kier molecular flexibility index (Phi) is 5.98. The van der Waals surface area contributed by atoms with Crippen LogP contribution in [0.2, 0.25) is 0 Å². The van der Waals surface area contributed by atoms with Crippen molar-refractivity contribution < 1.29 is 19.1 Å². The van der Waals surface area contributed by atoms with Gasteiger partial charge < -0.3 is 19.8 Å². The van der Waals surface area contributed by atoms with Gasteiger partial charge in [-0.1, -0.05) is 78.9 Å². The van der Waals surface area contributed by atoms with Gasteiger partial charge >= 0.3 is 12.1 Å². The number of nitrogens with one attached hydrogen (secondary N) is 2. The second-order valence-electron chi connectivity index (χ2n) is 7.00. The van der Waals surface area contributed by atoms with Crippen LogP contribution in [0.5, 0.6) is 0 Å². The van der Waals surface area contributed by atoms with E-state index in [1.165, 1.54) is 7.11 Å². The van der Waals surface area contributed by atoms with Gasteiger partial charge in [0.2, 0.25) is 0 Å². The summed E-state index contributed by atoms with van der Waals surface area (Å²) in [6, 6.07) is 25.8. The molecule has 0 aliphatic carbocycles. The summed E-state index contributed by atoms with van der Waals surface area (Å²) in [5, 5.41) is 3.75. The minimum atomic E-state index is -0.616. The molecule has 0 spiro atoms. The fraction of sp³-hybridized carbons (Fsp3) is 0.120. The van der Waals surface area contributed by atoms with Gasteiger partial charge in [-0.3, -0.25) is 0 Å². The number of hydrogen-bond acceptors (Lipinski definition) is 4. The van der Waals surface area contributed by atoms with E-state index in [0.717, 1.165) is 22.0 Å². The van der Waals surface area contributed by atoms with Gasteiger partial charge in [-0.2, -0.15) is 0 Å². The van der Waals surface area contributed by atoms with Crippen molar-refractivity contribution in [3.8, 4) is 0 Å². The molecule has 3 aromatic carbocycles. The number of carbonyl (C=O) groups excluding carboxylic acids is 2. The third-order valence-electron chi connectivity index (χ3n) is 5.03. The minimum absolute atomic E-state index is 0.145. The molecule has 4 rings (SSSR count). The molecule has 156 valence electrons. The second-order valence-corrected chi connectivity index (χ2v) is 7.00. The van der Waals surface area contributed by atoms with Crippen LogP contribution in [0, 0.1) is 0 Å². The average Bonchev–Trinajstić information content (AvgIpc) is 3.21. The topological polar surface area (TPSA) is 80.4 Å². The number of hydrogen-bond donors (Lipinski definition) is 2. The molecule has 1 atom stereocenters. The summed E-state index contributed by atoms with van der Waals surface area (Å²) in [7, 11) is 1.33. The van der Waals surface area contributed by atoms with E-state index in [9.17, 15) is 9.59 Å². The standard InChI is InChI=1S/C25H22N2O4/c1-30-24(28)23-21(19-14-8-9-15-20(19)26-23)22(18-12-6-3-7-13-18)27-25(29)31-16-17-10-4-2-5-11-17/h2-15,22,26H,16H2,1H3,(H,27,29). The lowest BCUT2D eigenvalue weighted by atomic mass is 9.96. The van der Waals surface area contributed by atoms with E-state index >= 15 is 0 Å². The highest BCUT2D eigenvalue weighted by atomic mass is 16.5. The quantitative estimate of drug-likeness (QED) is 0.437. The molecule has 0 aliphatic rings. The number of benzene rings is 3. The number of aromatic nitrogens is 1. The Morgan fingerprint density at radius 1 is 0.903 bits per heavy atom. The Balaban J connectivity index is 1.71. The zero-order valence-corrected chi connectivity index (χ0v) is 17.0. The molecule has 0 saturated carbocycles. The molecule has 1 aromatic heterocycles. The van der Waals surface area contributed by atoms with Crippen LogP contribution in [0.15, 0.2) is 84.9 Å². The van der Waals surface area contributed by atoms with Crippen LogP contribution >= 0.6 is 0 Å². The Morgan fingerprint density at radius 3 is 2.26 bits per heavy atom. The molecule has 2 N–H and O–H groups in total. The van der Waals surface area contributed by atoms with E-state index in [-0.39, 0.29) is 6.61 Å². The van der Waals surface area contributed by atoms with E-state index in [0.29, 0.717) is 11.3 Å². The molecule has 1 amide bonds.